The second kappa shape index (κ2) is 7.38. The summed E-state index contributed by atoms with van der Waals surface area (Å²) < 4.78 is 0. The van der Waals surface area contributed by atoms with Crippen LogP contribution in [0.1, 0.15) is 27.7 Å². The molecule has 2 aromatic carbocycles. The minimum absolute atomic E-state index is 0.152. The number of rotatable bonds is 5. The highest BCUT2D eigenvalue weighted by molar-refractivity contribution is 7.13. The second-order valence-corrected chi connectivity index (χ2v) is 6.35. The largest absolute Gasteiger partial charge is 0.394 e. The third-order valence-electron chi connectivity index (χ3n) is 3.68. The van der Waals surface area contributed by atoms with Crippen LogP contribution in [0.2, 0.25) is 0 Å². The predicted molar refractivity (Wildman–Crippen MR) is 96.0 cm³/mol. The Labute approximate surface area is 144 Å². The smallest absolute Gasteiger partial charge is 0.251 e. The molecule has 1 atom stereocenters. The SMILES string of the molecule is Cc1csc(-c2cccc(C(=O)NC(CO)c3ccccc3)c2)n1. The van der Waals surface area contributed by atoms with Gasteiger partial charge in [-0.2, -0.15) is 0 Å². The number of nitrogens with one attached hydrogen (secondary N) is 1. The highest BCUT2D eigenvalue weighted by Crippen LogP contribution is 2.24. The van der Waals surface area contributed by atoms with E-state index in [4.69, 9.17) is 0 Å². The molecule has 1 heterocycles. The minimum Gasteiger partial charge on any atom is -0.394 e. The maximum atomic E-state index is 12.5. The highest BCUT2D eigenvalue weighted by atomic mass is 32.1. The summed E-state index contributed by atoms with van der Waals surface area (Å²) in [7, 11) is 0. The molecular formula is C19H18N2O2S. The Morgan fingerprint density at radius 2 is 2.00 bits per heavy atom. The van der Waals surface area contributed by atoms with Crippen molar-refractivity contribution < 1.29 is 9.90 Å². The molecule has 24 heavy (non-hydrogen) atoms. The molecule has 2 N–H and O–H groups in total. The van der Waals surface area contributed by atoms with Crippen molar-refractivity contribution in [1.82, 2.24) is 10.3 Å². The van der Waals surface area contributed by atoms with Crippen LogP contribution in [-0.4, -0.2) is 22.6 Å². The van der Waals surface area contributed by atoms with E-state index in [9.17, 15) is 9.90 Å². The van der Waals surface area contributed by atoms with E-state index in [0.717, 1.165) is 21.8 Å². The fourth-order valence-electron chi connectivity index (χ4n) is 2.44. The first kappa shape index (κ1) is 16.4. The Hall–Kier alpha value is -2.50. The number of aryl methyl sites for hydroxylation is 1. The van der Waals surface area contributed by atoms with Crippen LogP contribution in [0.3, 0.4) is 0 Å². The lowest BCUT2D eigenvalue weighted by Gasteiger charge is -2.17. The first-order chi connectivity index (χ1) is 11.7. The quantitative estimate of drug-likeness (QED) is 0.747. The average molecular weight is 338 g/mol. The molecule has 0 bridgehead atoms. The van der Waals surface area contributed by atoms with Gasteiger partial charge in [0.25, 0.3) is 5.91 Å². The number of aliphatic hydroxyl groups excluding tert-OH is 1. The van der Waals surface area contributed by atoms with Gasteiger partial charge in [0.05, 0.1) is 12.6 Å². The lowest BCUT2D eigenvalue weighted by atomic mass is 10.1. The molecule has 3 rings (SSSR count). The van der Waals surface area contributed by atoms with Crippen molar-refractivity contribution >= 4 is 17.2 Å². The molecule has 122 valence electrons. The molecule has 3 aromatic rings. The van der Waals surface area contributed by atoms with E-state index in [2.05, 4.69) is 10.3 Å². The first-order valence-corrected chi connectivity index (χ1v) is 8.54. The molecule has 4 nitrogen and oxygen atoms in total. The zero-order valence-corrected chi connectivity index (χ0v) is 14.1. The lowest BCUT2D eigenvalue weighted by molar-refractivity contribution is 0.0916. The van der Waals surface area contributed by atoms with Crippen molar-refractivity contribution in [3.8, 4) is 10.6 Å². The molecular weight excluding hydrogens is 320 g/mol. The minimum atomic E-state index is -0.426. The van der Waals surface area contributed by atoms with Crippen LogP contribution in [0.15, 0.2) is 60.0 Å². The van der Waals surface area contributed by atoms with E-state index in [1.54, 1.807) is 17.4 Å². The maximum Gasteiger partial charge on any atom is 0.251 e. The normalized spacial score (nSPS) is 11.9. The molecule has 1 amide bonds. The Bertz CT molecular complexity index is 830. The van der Waals surface area contributed by atoms with Crippen LogP contribution in [0, 0.1) is 6.92 Å². The summed E-state index contributed by atoms with van der Waals surface area (Å²) in [5.41, 5.74) is 3.31. The van der Waals surface area contributed by atoms with Gasteiger partial charge in [0.1, 0.15) is 5.01 Å². The summed E-state index contributed by atoms with van der Waals surface area (Å²) in [5.74, 6) is -0.215. The number of nitrogens with zero attached hydrogens (tertiary/aromatic N) is 1. The number of aliphatic hydroxyl groups is 1. The van der Waals surface area contributed by atoms with E-state index in [0.29, 0.717) is 5.56 Å². The number of aromatic nitrogens is 1. The van der Waals surface area contributed by atoms with Crippen molar-refractivity contribution in [1.29, 1.82) is 0 Å². The average Bonchev–Trinajstić information content (AvgIpc) is 3.07. The highest BCUT2D eigenvalue weighted by Gasteiger charge is 2.15. The summed E-state index contributed by atoms with van der Waals surface area (Å²) >= 11 is 1.56. The monoisotopic (exact) mass is 338 g/mol. The third-order valence-corrected chi connectivity index (χ3v) is 4.69. The number of amides is 1. The van der Waals surface area contributed by atoms with E-state index >= 15 is 0 Å². The van der Waals surface area contributed by atoms with Crippen molar-refractivity contribution in [3.05, 3.63) is 76.8 Å². The number of carbonyl (C=O) groups is 1. The van der Waals surface area contributed by atoms with Crippen molar-refractivity contribution in [3.63, 3.8) is 0 Å². The first-order valence-electron chi connectivity index (χ1n) is 7.66. The molecule has 5 heteroatoms. The molecule has 0 saturated carbocycles. The van der Waals surface area contributed by atoms with Gasteiger partial charge in [-0.25, -0.2) is 4.98 Å². The molecule has 0 fully saturated rings. The van der Waals surface area contributed by atoms with Crippen LogP contribution in [0.4, 0.5) is 0 Å². The Kier molecular flexibility index (Phi) is 5.03. The van der Waals surface area contributed by atoms with E-state index < -0.39 is 6.04 Å². The summed E-state index contributed by atoms with van der Waals surface area (Å²) in [6.07, 6.45) is 0. The summed E-state index contributed by atoms with van der Waals surface area (Å²) in [6, 6.07) is 16.4. The number of carbonyl (C=O) groups excluding carboxylic acids is 1. The molecule has 0 aliphatic rings. The summed E-state index contributed by atoms with van der Waals surface area (Å²) in [6.45, 7) is 1.80. The van der Waals surface area contributed by atoms with Gasteiger partial charge in [0.2, 0.25) is 0 Å². The molecule has 0 saturated heterocycles. The van der Waals surface area contributed by atoms with Gasteiger partial charge >= 0.3 is 0 Å². The van der Waals surface area contributed by atoms with Crippen LogP contribution < -0.4 is 5.32 Å². The predicted octanol–water partition coefficient (Wildman–Crippen LogP) is 3.58. The van der Waals surface area contributed by atoms with E-state index in [1.807, 2.05) is 60.8 Å². The standard InChI is InChI=1S/C19H18N2O2S/c1-13-12-24-19(20-13)16-9-5-8-15(10-16)18(23)21-17(11-22)14-6-3-2-4-7-14/h2-10,12,17,22H,11H2,1H3,(H,21,23). The van der Waals surface area contributed by atoms with Crippen LogP contribution in [0.5, 0.6) is 0 Å². The zero-order valence-electron chi connectivity index (χ0n) is 13.3. The lowest BCUT2D eigenvalue weighted by Crippen LogP contribution is -2.30. The van der Waals surface area contributed by atoms with Gasteiger partial charge in [-0.15, -0.1) is 11.3 Å². The Morgan fingerprint density at radius 3 is 2.67 bits per heavy atom. The van der Waals surface area contributed by atoms with E-state index in [1.165, 1.54) is 0 Å². The van der Waals surface area contributed by atoms with Crippen LogP contribution in [-0.2, 0) is 0 Å². The maximum absolute atomic E-state index is 12.5. The van der Waals surface area contributed by atoms with Gasteiger partial charge in [-0.05, 0) is 24.6 Å². The number of hydrogen-bond acceptors (Lipinski definition) is 4. The molecule has 1 unspecified atom stereocenters. The third kappa shape index (κ3) is 3.69. The number of hydrogen-bond donors (Lipinski definition) is 2. The molecule has 0 aliphatic heterocycles. The van der Waals surface area contributed by atoms with Crippen LogP contribution >= 0.6 is 11.3 Å². The number of benzene rings is 2. The fourth-order valence-corrected chi connectivity index (χ4v) is 3.24. The number of thiazole rings is 1. The molecule has 1 aromatic heterocycles. The van der Waals surface area contributed by atoms with Crippen molar-refractivity contribution in [2.75, 3.05) is 6.61 Å². The van der Waals surface area contributed by atoms with Gasteiger partial charge in [0, 0.05) is 22.2 Å². The van der Waals surface area contributed by atoms with Gasteiger partial charge in [0.15, 0.2) is 0 Å². The Morgan fingerprint density at radius 1 is 1.21 bits per heavy atom. The molecule has 0 radical (unpaired) electrons. The van der Waals surface area contributed by atoms with Gasteiger partial charge in [-0.1, -0.05) is 42.5 Å². The van der Waals surface area contributed by atoms with Crippen molar-refractivity contribution in [2.24, 2.45) is 0 Å². The fraction of sp³-hybridized carbons (Fsp3) is 0.158. The zero-order chi connectivity index (χ0) is 16.9. The van der Waals surface area contributed by atoms with Gasteiger partial charge < -0.3 is 10.4 Å². The second-order valence-electron chi connectivity index (χ2n) is 5.49. The summed E-state index contributed by atoms with van der Waals surface area (Å²) in [5, 5.41) is 15.3. The topological polar surface area (TPSA) is 62.2 Å². The van der Waals surface area contributed by atoms with Crippen molar-refractivity contribution in [2.45, 2.75) is 13.0 Å². The molecule has 0 aliphatic carbocycles. The van der Waals surface area contributed by atoms with Crippen LogP contribution in [0.25, 0.3) is 10.6 Å². The summed E-state index contributed by atoms with van der Waals surface area (Å²) in [4.78, 5) is 17.0. The Balaban J connectivity index is 1.80. The molecule has 0 spiro atoms. The van der Waals surface area contributed by atoms with Gasteiger partial charge in [-0.3, -0.25) is 4.79 Å². The van der Waals surface area contributed by atoms with E-state index in [-0.39, 0.29) is 12.5 Å².